The van der Waals surface area contributed by atoms with Gasteiger partial charge in [0.15, 0.2) is 0 Å². The van der Waals surface area contributed by atoms with Crippen LogP contribution in [0.3, 0.4) is 0 Å². The Morgan fingerprint density at radius 1 is 1.50 bits per heavy atom. The second-order valence-corrected chi connectivity index (χ2v) is 5.93. The van der Waals surface area contributed by atoms with Crippen LogP contribution in [-0.4, -0.2) is 11.9 Å². The molecule has 0 radical (unpaired) electrons. The van der Waals surface area contributed by atoms with Crippen molar-refractivity contribution in [3.8, 4) is 6.07 Å². The molecule has 4 unspecified atom stereocenters. The summed E-state index contributed by atoms with van der Waals surface area (Å²) in [4.78, 5) is 12.4. The van der Waals surface area contributed by atoms with Crippen LogP contribution in [0.5, 0.6) is 0 Å². The number of nitrogens with one attached hydrogen (secondary N) is 1. The highest BCUT2D eigenvalue weighted by atomic mass is 16.2. The van der Waals surface area contributed by atoms with E-state index in [4.69, 9.17) is 5.26 Å². The van der Waals surface area contributed by atoms with Crippen LogP contribution in [0, 0.1) is 23.2 Å². The molecule has 0 heterocycles. The molecule has 0 aliphatic heterocycles. The summed E-state index contributed by atoms with van der Waals surface area (Å²) >= 11 is 0. The van der Waals surface area contributed by atoms with Crippen molar-refractivity contribution in [3.63, 3.8) is 0 Å². The Labute approximate surface area is 120 Å². The summed E-state index contributed by atoms with van der Waals surface area (Å²) in [5.74, 6) is 1.05. The molecule has 1 fully saturated rings. The van der Waals surface area contributed by atoms with E-state index in [-0.39, 0.29) is 17.9 Å². The Morgan fingerprint density at radius 3 is 3.05 bits per heavy atom. The Hall–Kier alpha value is -1.82. The van der Waals surface area contributed by atoms with Gasteiger partial charge in [0.25, 0.3) is 0 Å². The number of hydrogen-bond donors (Lipinski definition) is 1. The Bertz CT molecular complexity index is 560. The second-order valence-electron chi connectivity index (χ2n) is 5.93. The molecule has 2 aliphatic rings. The molecule has 0 bridgehead atoms. The fourth-order valence-corrected chi connectivity index (χ4v) is 3.65. The number of aryl methyl sites for hydroxylation is 1. The van der Waals surface area contributed by atoms with E-state index in [1.54, 1.807) is 0 Å². The lowest BCUT2D eigenvalue weighted by Gasteiger charge is -2.13. The molecule has 1 N–H and O–H groups in total. The van der Waals surface area contributed by atoms with Gasteiger partial charge in [-0.15, -0.1) is 0 Å². The van der Waals surface area contributed by atoms with Crippen LogP contribution in [-0.2, 0) is 11.2 Å². The van der Waals surface area contributed by atoms with Gasteiger partial charge in [0.05, 0.1) is 6.07 Å². The maximum Gasteiger partial charge on any atom is 0.225 e. The number of carbonyl (C=O) groups excluding carboxylic acids is 1. The molecule has 3 nitrogen and oxygen atoms in total. The second kappa shape index (κ2) is 5.28. The minimum Gasteiger partial charge on any atom is -0.340 e. The molecule has 1 amide bonds. The normalized spacial score (nSPS) is 27.7. The topological polar surface area (TPSA) is 52.9 Å². The average molecular weight is 268 g/mol. The summed E-state index contributed by atoms with van der Waals surface area (Å²) in [6.07, 6.45) is 3.84. The van der Waals surface area contributed by atoms with Crippen molar-refractivity contribution in [1.82, 2.24) is 5.32 Å². The molecule has 3 rings (SSSR count). The Kier molecular flexibility index (Phi) is 3.48. The van der Waals surface area contributed by atoms with Gasteiger partial charge in [-0.25, -0.2) is 0 Å². The first-order valence-corrected chi connectivity index (χ1v) is 7.54. The zero-order chi connectivity index (χ0) is 14.1. The number of fused-ring (bicyclic) bond motifs is 3. The van der Waals surface area contributed by atoms with Gasteiger partial charge in [-0.3, -0.25) is 4.79 Å². The van der Waals surface area contributed by atoms with Crippen molar-refractivity contribution in [1.29, 1.82) is 5.26 Å². The zero-order valence-corrected chi connectivity index (χ0v) is 11.8. The van der Waals surface area contributed by atoms with Crippen LogP contribution in [0.25, 0.3) is 0 Å². The Balaban J connectivity index is 1.70. The molecule has 3 heteroatoms. The maximum absolute atomic E-state index is 12.4. The minimum atomic E-state index is -0.328. The third kappa shape index (κ3) is 2.20. The lowest BCUT2D eigenvalue weighted by Crippen LogP contribution is -2.35. The number of rotatable bonds is 4. The number of amides is 1. The third-order valence-electron chi connectivity index (χ3n) is 4.68. The summed E-state index contributed by atoms with van der Waals surface area (Å²) in [5, 5.41) is 12.0. The fraction of sp³-hybridized carbons (Fsp3) is 0.529. The van der Waals surface area contributed by atoms with Gasteiger partial charge in [0.2, 0.25) is 5.91 Å². The molecular formula is C17H20N2O. The summed E-state index contributed by atoms with van der Waals surface area (Å²) in [5.41, 5.74) is 2.75. The number of nitriles is 1. The van der Waals surface area contributed by atoms with Crippen LogP contribution >= 0.6 is 0 Å². The van der Waals surface area contributed by atoms with Crippen LogP contribution in [0.4, 0.5) is 0 Å². The lowest BCUT2D eigenvalue weighted by molar-refractivity contribution is -0.123. The number of hydrogen-bond acceptors (Lipinski definition) is 2. The first kappa shape index (κ1) is 13.2. The van der Waals surface area contributed by atoms with Crippen LogP contribution in [0.15, 0.2) is 24.3 Å². The first-order valence-electron chi connectivity index (χ1n) is 7.54. The van der Waals surface area contributed by atoms with Gasteiger partial charge in [-0.1, -0.05) is 37.6 Å². The highest BCUT2D eigenvalue weighted by Gasteiger charge is 2.57. The predicted octanol–water partition coefficient (Wildman–Crippen LogP) is 2.77. The number of carbonyl (C=O) groups is 1. The number of nitrogens with zero attached hydrogens (tertiary/aromatic N) is 1. The van der Waals surface area contributed by atoms with Gasteiger partial charge in [0, 0.05) is 5.92 Å². The van der Waals surface area contributed by atoms with E-state index >= 15 is 0 Å². The monoisotopic (exact) mass is 268 g/mol. The molecule has 1 saturated carbocycles. The van der Waals surface area contributed by atoms with E-state index in [2.05, 4.69) is 35.7 Å². The Morgan fingerprint density at radius 2 is 2.30 bits per heavy atom. The maximum atomic E-state index is 12.4. The third-order valence-corrected chi connectivity index (χ3v) is 4.68. The van der Waals surface area contributed by atoms with E-state index in [0.29, 0.717) is 11.8 Å². The quantitative estimate of drug-likeness (QED) is 0.913. The highest BCUT2D eigenvalue weighted by molar-refractivity contribution is 5.84. The van der Waals surface area contributed by atoms with Crippen molar-refractivity contribution in [3.05, 3.63) is 35.4 Å². The standard InChI is InChI=1S/C17H20N2O/c1-2-5-12(10-18)19-17(20)16-14-9-8-11-6-3-4-7-13(11)15(14)16/h3-4,6-7,12,14-16H,2,5,8-9H2,1H3,(H,19,20). The van der Waals surface area contributed by atoms with Crippen LogP contribution in [0.2, 0.25) is 0 Å². The molecule has 104 valence electrons. The molecule has 1 aromatic rings. The molecule has 0 spiro atoms. The van der Waals surface area contributed by atoms with Crippen LogP contribution < -0.4 is 5.32 Å². The van der Waals surface area contributed by atoms with Crippen molar-refractivity contribution in [2.75, 3.05) is 0 Å². The largest absolute Gasteiger partial charge is 0.340 e. The summed E-state index contributed by atoms with van der Waals surface area (Å²) in [6.45, 7) is 2.03. The van der Waals surface area contributed by atoms with E-state index in [9.17, 15) is 4.79 Å². The van der Waals surface area contributed by atoms with Crippen molar-refractivity contribution in [2.24, 2.45) is 11.8 Å². The lowest BCUT2D eigenvalue weighted by atomic mass is 9.92. The summed E-state index contributed by atoms with van der Waals surface area (Å²) in [7, 11) is 0. The van der Waals surface area contributed by atoms with E-state index in [1.807, 2.05) is 6.92 Å². The minimum absolute atomic E-state index is 0.0803. The highest BCUT2D eigenvalue weighted by Crippen LogP contribution is 2.59. The average Bonchev–Trinajstić information content (AvgIpc) is 3.21. The van der Waals surface area contributed by atoms with Gasteiger partial charge in [0.1, 0.15) is 6.04 Å². The van der Waals surface area contributed by atoms with Gasteiger partial charge >= 0.3 is 0 Å². The SMILES string of the molecule is CCCC(C#N)NC(=O)C1C2CCc3ccccc3C21. The smallest absolute Gasteiger partial charge is 0.225 e. The van der Waals surface area contributed by atoms with Gasteiger partial charge in [-0.05, 0) is 42.2 Å². The summed E-state index contributed by atoms with van der Waals surface area (Å²) in [6, 6.07) is 10.3. The van der Waals surface area contributed by atoms with E-state index in [0.717, 1.165) is 25.7 Å². The van der Waals surface area contributed by atoms with E-state index < -0.39 is 0 Å². The van der Waals surface area contributed by atoms with Crippen molar-refractivity contribution >= 4 is 5.91 Å². The first-order chi connectivity index (χ1) is 9.76. The van der Waals surface area contributed by atoms with E-state index in [1.165, 1.54) is 11.1 Å². The predicted molar refractivity (Wildman–Crippen MR) is 76.9 cm³/mol. The van der Waals surface area contributed by atoms with Gasteiger partial charge < -0.3 is 5.32 Å². The molecule has 1 aromatic carbocycles. The van der Waals surface area contributed by atoms with Crippen molar-refractivity contribution < 1.29 is 4.79 Å². The zero-order valence-electron chi connectivity index (χ0n) is 11.8. The molecular weight excluding hydrogens is 248 g/mol. The van der Waals surface area contributed by atoms with Gasteiger partial charge in [-0.2, -0.15) is 5.26 Å². The molecule has 2 aliphatic carbocycles. The van der Waals surface area contributed by atoms with Crippen LogP contribution in [0.1, 0.15) is 43.2 Å². The summed E-state index contributed by atoms with van der Waals surface area (Å²) < 4.78 is 0. The van der Waals surface area contributed by atoms with Crippen molar-refractivity contribution in [2.45, 2.75) is 44.6 Å². The number of benzene rings is 1. The molecule has 0 saturated heterocycles. The molecule has 0 aromatic heterocycles. The molecule has 20 heavy (non-hydrogen) atoms. The fourth-order valence-electron chi connectivity index (χ4n) is 3.65. The molecule has 4 atom stereocenters.